The summed E-state index contributed by atoms with van der Waals surface area (Å²) in [5.74, 6) is -3.98. The van der Waals surface area contributed by atoms with Gasteiger partial charge in [-0.2, -0.15) is 0 Å². The van der Waals surface area contributed by atoms with Gasteiger partial charge in [0.1, 0.15) is 0 Å². The Balaban J connectivity index is 6.19. The van der Waals surface area contributed by atoms with Crippen LogP contribution in [0.2, 0.25) is 0 Å². The Morgan fingerprint density at radius 1 is 0.909 bits per heavy atom. The van der Waals surface area contributed by atoms with Crippen LogP contribution in [0.3, 0.4) is 0 Å². The van der Waals surface area contributed by atoms with Crippen LogP contribution in [0.5, 0.6) is 0 Å². The van der Waals surface area contributed by atoms with Crippen molar-refractivity contribution in [3.63, 3.8) is 0 Å². The van der Waals surface area contributed by atoms with Crippen molar-refractivity contribution < 1.29 is 21.6 Å². The minimum Gasteiger partial charge on any atom is -0.237 e. The second kappa shape index (κ2) is 7.51. The van der Waals surface area contributed by atoms with Gasteiger partial charge in [0, 0.05) is 6.04 Å². The summed E-state index contributed by atoms with van der Waals surface area (Å²) < 4.78 is 70.1. The van der Waals surface area contributed by atoms with Crippen LogP contribution in [0.1, 0.15) is 73.6 Å². The van der Waals surface area contributed by atoms with Crippen LogP contribution in [-0.4, -0.2) is 30.8 Å². The number of alkyl halides is 3. The first kappa shape index (κ1) is 21.7. The number of nitrogens with one attached hydrogen (secondary N) is 1. The van der Waals surface area contributed by atoms with Crippen molar-refractivity contribution in [3.05, 3.63) is 0 Å². The quantitative estimate of drug-likeness (QED) is 0.637. The van der Waals surface area contributed by atoms with E-state index >= 15 is 8.78 Å². The highest BCUT2D eigenvalue weighted by molar-refractivity contribution is 7.91. The highest BCUT2D eigenvalue weighted by atomic mass is 32.2. The molecule has 0 spiro atoms. The summed E-state index contributed by atoms with van der Waals surface area (Å²) in [6.45, 7) is 8.75. The molecule has 3 nitrogen and oxygen atoms in total. The molecule has 0 saturated carbocycles. The lowest BCUT2D eigenvalue weighted by molar-refractivity contribution is -0.169. The van der Waals surface area contributed by atoms with Crippen LogP contribution in [0.15, 0.2) is 0 Å². The van der Waals surface area contributed by atoms with E-state index in [0.717, 1.165) is 0 Å². The Morgan fingerprint density at radius 3 is 1.59 bits per heavy atom. The molecule has 1 unspecified atom stereocenters. The van der Waals surface area contributed by atoms with E-state index in [9.17, 15) is 12.8 Å². The van der Waals surface area contributed by atoms with Crippen molar-refractivity contribution in [2.45, 2.75) is 96.0 Å². The van der Waals surface area contributed by atoms with Gasteiger partial charge in [-0.15, -0.1) is 0 Å². The van der Waals surface area contributed by atoms with Crippen molar-refractivity contribution in [2.75, 3.05) is 0 Å². The Morgan fingerprint density at radius 2 is 1.32 bits per heavy atom. The summed E-state index contributed by atoms with van der Waals surface area (Å²) in [7, 11) is -4.40. The monoisotopic (exact) mass is 345 g/mol. The van der Waals surface area contributed by atoms with E-state index in [0.29, 0.717) is 6.42 Å². The molecule has 0 amide bonds. The van der Waals surface area contributed by atoms with Crippen molar-refractivity contribution in [2.24, 2.45) is 0 Å². The fourth-order valence-electron chi connectivity index (χ4n) is 2.81. The molecular formula is C15H30F3NO2S. The molecule has 0 rings (SSSR count). The van der Waals surface area contributed by atoms with Crippen LogP contribution in [0.25, 0.3) is 0 Å². The molecule has 0 heterocycles. The molecule has 0 aliphatic carbocycles. The first-order valence-corrected chi connectivity index (χ1v) is 9.52. The molecule has 0 bridgehead atoms. The summed E-state index contributed by atoms with van der Waals surface area (Å²) in [4.78, 5) is 0. The SMILES string of the molecule is CCC(C)NS(=O)(=O)C(CC)(CC)C(F)(F)C(F)(CC)CC. The molecule has 0 aromatic heterocycles. The van der Waals surface area contributed by atoms with E-state index in [1.165, 1.54) is 27.7 Å². The highest BCUT2D eigenvalue weighted by Crippen LogP contribution is 2.51. The van der Waals surface area contributed by atoms with Gasteiger partial charge >= 0.3 is 5.92 Å². The molecule has 0 fully saturated rings. The van der Waals surface area contributed by atoms with Gasteiger partial charge in [0.25, 0.3) is 0 Å². The zero-order valence-corrected chi connectivity index (χ0v) is 15.3. The topological polar surface area (TPSA) is 46.2 Å². The Kier molecular flexibility index (Phi) is 7.41. The maximum Gasteiger partial charge on any atom is 0.301 e. The van der Waals surface area contributed by atoms with E-state index in [1.54, 1.807) is 13.8 Å². The number of rotatable bonds is 10. The van der Waals surface area contributed by atoms with Crippen molar-refractivity contribution in [3.8, 4) is 0 Å². The molecule has 1 atom stereocenters. The minimum atomic E-state index is -4.40. The lowest BCUT2D eigenvalue weighted by Gasteiger charge is -2.45. The third kappa shape index (κ3) is 3.30. The fourth-order valence-corrected chi connectivity index (χ4v) is 5.01. The third-order valence-corrected chi connectivity index (χ3v) is 7.46. The van der Waals surface area contributed by atoms with Gasteiger partial charge in [0.2, 0.25) is 10.0 Å². The first-order chi connectivity index (χ1) is 9.95. The molecule has 0 aliphatic rings. The Bertz CT molecular complexity index is 444. The van der Waals surface area contributed by atoms with E-state index in [4.69, 9.17) is 0 Å². The standard InChI is InChI=1S/C15H30F3NO2S/c1-7-12(6)19-22(20,21)14(10-4,11-5)15(17,18)13(16,8-2)9-3/h12,19H,7-11H2,1-6H3. The molecule has 0 aromatic rings. The Labute approximate surface area is 133 Å². The van der Waals surface area contributed by atoms with Crippen LogP contribution >= 0.6 is 0 Å². The molecule has 22 heavy (non-hydrogen) atoms. The van der Waals surface area contributed by atoms with Gasteiger partial charge in [-0.3, -0.25) is 0 Å². The third-order valence-electron chi connectivity index (χ3n) is 4.88. The first-order valence-electron chi connectivity index (χ1n) is 8.03. The zero-order chi connectivity index (χ0) is 17.8. The predicted molar refractivity (Wildman–Crippen MR) is 84.5 cm³/mol. The molecule has 0 aliphatic heterocycles. The van der Waals surface area contributed by atoms with Gasteiger partial charge < -0.3 is 0 Å². The summed E-state index contributed by atoms with van der Waals surface area (Å²) in [6, 6.07) is -0.476. The summed E-state index contributed by atoms with van der Waals surface area (Å²) >= 11 is 0. The summed E-state index contributed by atoms with van der Waals surface area (Å²) in [5, 5.41) is 0. The number of sulfonamides is 1. The fraction of sp³-hybridized carbons (Fsp3) is 1.00. The largest absolute Gasteiger partial charge is 0.301 e. The van der Waals surface area contributed by atoms with Crippen molar-refractivity contribution in [1.82, 2.24) is 4.72 Å². The smallest absolute Gasteiger partial charge is 0.237 e. The van der Waals surface area contributed by atoms with Crippen molar-refractivity contribution >= 4 is 10.0 Å². The molecule has 7 heteroatoms. The van der Waals surface area contributed by atoms with Gasteiger partial charge in [0.15, 0.2) is 10.4 Å². The average molecular weight is 345 g/mol. The maximum atomic E-state index is 15.0. The zero-order valence-electron chi connectivity index (χ0n) is 14.5. The van der Waals surface area contributed by atoms with Gasteiger partial charge in [-0.1, -0.05) is 34.6 Å². The molecular weight excluding hydrogens is 315 g/mol. The van der Waals surface area contributed by atoms with Crippen LogP contribution in [-0.2, 0) is 10.0 Å². The second-order valence-electron chi connectivity index (χ2n) is 5.88. The van der Waals surface area contributed by atoms with Crippen LogP contribution in [0.4, 0.5) is 13.2 Å². The highest BCUT2D eigenvalue weighted by Gasteiger charge is 2.69. The van der Waals surface area contributed by atoms with E-state index in [-0.39, 0.29) is 12.8 Å². The molecule has 0 aromatic carbocycles. The number of hydrogen-bond acceptors (Lipinski definition) is 2. The molecule has 0 saturated heterocycles. The number of halogens is 3. The predicted octanol–water partition coefficient (Wildman–Crippen LogP) is 4.43. The summed E-state index contributed by atoms with van der Waals surface area (Å²) in [6.07, 6.45) is -1.10. The molecule has 134 valence electrons. The number of hydrogen-bond donors (Lipinski definition) is 1. The normalized spacial score (nSPS) is 15.9. The minimum absolute atomic E-state index is 0.353. The lowest BCUT2D eigenvalue weighted by Crippen LogP contribution is -2.66. The summed E-state index contributed by atoms with van der Waals surface area (Å²) in [5.41, 5.74) is -2.84. The van der Waals surface area contributed by atoms with E-state index < -0.39 is 45.2 Å². The van der Waals surface area contributed by atoms with E-state index in [2.05, 4.69) is 4.72 Å². The van der Waals surface area contributed by atoms with Gasteiger partial charge in [0.05, 0.1) is 0 Å². The van der Waals surface area contributed by atoms with Gasteiger partial charge in [-0.05, 0) is 39.0 Å². The van der Waals surface area contributed by atoms with Crippen LogP contribution < -0.4 is 4.72 Å². The lowest BCUT2D eigenvalue weighted by atomic mass is 9.80. The maximum absolute atomic E-state index is 15.0. The van der Waals surface area contributed by atoms with Crippen LogP contribution in [0, 0.1) is 0 Å². The van der Waals surface area contributed by atoms with Gasteiger partial charge in [-0.25, -0.2) is 26.3 Å². The molecule has 1 N–H and O–H groups in total. The van der Waals surface area contributed by atoms with Crippen molar-refractivity contribution in [1.29, 1.82) is 0 Å². The Hall–Kier alpha value is -0.300. The van der Waals surface area contributed by atoms with E-state index in [1.807, 2.05) is 0 Å². The average Bonchev–Trinajstić information content (AvgIpc) is 2.46. The second-order valence-corrected chi connectivity index (χ2v) is 7.90. The molecule has 0 radical (unpaired) electrons.